The Labute approximate surface area is 92.7 Å². The van der Waals surface area contributed by atoms with Crippen molar-refractivity contribution in [2.45, 2.75) is 50.3 Å². The van der Waals surface area contributed by atoms with Crippen LogP contribution in [0.4, 0.5) is 0 Å². The zero-order chi connectivity index (χ0) is 10.4. The van der Waals surface area contributed by atoms with Gasteiger partial charge in [0.1, 0.15) is 0 Å². The molecule has 0 aromatic rings. The molecule has 1 aliphatic heterocycles. The van der Waals surface area contributed by atoms with Crippen molar-refractivity contribution in [2.75, 3.05) is 13.2 Å². The fourth-order valence-electron chi connectivity index (χ4n) is 2.03. The quantitative estimate of drug-likeness (QED) is 0.655. The average Bonchev–Trinajstić information content (AvgIpc) is 2.26. The van der Waals surface area contributed by atoms with Gasteiger partial charge in [-0.2, -0.15) is 0 Å². The van der Waals surface area contributed by atoms with Gasteiger partial charge in [0.2, 0.25) is 0 Å². The second kappa shape index (κ2) is 6.85. The summed E-state index contributed by atoms with van der Waals surface area (Å²) in [5.74, 6) is 0.650. The highest BCUT2D eigenvalue weighted by Crippen LogP contribution is 2.21. The van der Waals surface area contributed by atoms with Crippen LogP contribution in [0.2, 0.25) is 10.6 Å². The first kappa shape index (κ1) is 12.5. The molecule has 1 aliphatic rings. The van der Waals surface area contributed by atoms with Crippen molar-refractivity contribution in [1.82, 2.24) is 0 Å². The molecule has 1 heterocycles. The number of hydrogen-bond acceptors (Lipinski definition) is 2. The van der Waals surface area contributed by atoms with E-state index in [1.54, 1.807) is 0 Å². The van der Waals surface area contributed by atoms with Crippen molar-refractivity contribution in [3.8, 4) is 0 Å². The van der Waals surface area contributed by atoms with Gasteiger partial charge in [-0.1, -0.05) is 24.4 Å². The summed E-state index contributed by atoms with van der Waals surface area (Å²) in [4.78, 5) is 0. The second-order valence-electron chi connectivity index (χ2n) is 4.26. The van der Waals surface area contributed by atoms with E-state index in [9.17, 15) is 0 Å². The van der Waals surface area contributed by atoms with E-state index in [-0.39, 0.29) is 0 Å². The molecule has 82 valence electrons. The van der Waals surface area contributed by atoms with Gasteiger partial charge in [0.05, 0.1) is 6.61 Å². The highest BCUT2D eigenvalue weighted by molar-refractivity contribution is 6.51. The van der Waals surface area contributed by atoms with Gasteiger partial charge in [0.15, 0.2) is 0 Å². The summed E-state index contributed by atoms with van der Waals surface area (Å²) < 4.78 is 11.6. The molecule has 3 heteroatoms. The lowest BCUT2D eigenvalue weighted by atomic mass is 9.97. The third-order valence-corrected chi connectivity index (χ3v) is 5.81. The summed E-state index contributed by atoms with van der Waals surface area (Å²) in [6.45, 7) is 8.60. The predicted octanol–water partition coefficient (Wildman–Crippen LogP) is 2.85. The lowest BCUT2D eigenvalue weighted by Crippen LogP contribution is -2.33. The van der Waals surface area contributed by atoms with Crippen LogP contribution in [0.1, 0.15) is 33.6 Å². The summed E-state index contributed by atoms with van der Waals surface area (Å²) in [6, 6.07) is 0. The van der Waals surface area contributed by atoms with Gasteiger partial charge in [-0.3, -0.25) is 0 Å². The third-order valence-electron chi connectivity index (χ3n) is 3.18. The Kier molecular flexibility index (Phi) is 6.13. The first-order valence-corrected chi connectivity index (χ1v) is 8.11. The Morgan fingerprint density at radius 2 is 2.14 bits per heavy atom. The average molecular weight is 214 g/mol. The van der Waals surface area contributed by atoms with Crippen LogP contribution in [-0.2, 0) is 8.53 Å². The van der Waals surface area contributed by atoms with Crippen LogP contribution in [0.5, 0.6) is 0 Å². The van der Waals surface area contributed by atoms with Crippen LogP contribution < -0.4 is 0 Å². The molecule has 0 aromatic carbocycles. The molecule has 1 fully saturated rings. The highest BCUT2D eigenvalue weighted by Gasteiger charge is 2.25. The number of ether oxygens (including phenoxy) is 1. The van der Waals surface area contributed by atoms with Gasteiger partial charge in [0.25, 0.3) is 0 Å². The Morgan fingerprint density at radius 3 is 2.64 bits per heavy atom. The summed E-state index contributed by atoms with van der Waals surface area (Å²) in [6.07, 6.45) is 2.92. The Morgan fingerprint density at radius 1 is 1.43 bits per heavy atom. The van der Waals surface area contributed by atoms with Crippen LogP contribution in [0.15, 0.2) is 0 Å². The zero-order valence-electron chi connectivity index (χ0n) is 9.79. The van der Waals surface area contributed by atoms with Crippen LogP contribution in [0, 0.1) is 5.92 Å². The van der Waals surface area contributed by atoms with Crippen molar-refractivity contribution in [3.63, 3.8) is 0 Å². The minimum Gasteiger partial charge on any atom is -0.498 e. The summed E-state index contributed by atoms with van der Waals surface area (Å²) in [5, 5.41) is 2.52. The van der Waals surface area contributed by atoms with Crippen LogP contribution in [0.25, 0.3) is 0 Å². The van der Waals surface area contributed by atoms with Gasteiger partial charge in [-0.15, -0.1) is 0 Å². The summed E-state index contributed by atoms with van der Waals surface area (Å²) in [5.41, 5.74) is 0. The number of rotatable bonds is 5. The van der Waals surface area contributed by atoms with Crippen LogP contribution >= 0.6 is 0 Å². The molecule has 0 saturated carbocycles. The van der Waals surface area contributed by atoms with E-state index in [1.165, 1.54) is 23.4 Å². The maximum Gasteiger partial charge on any atom is 0.460 e. The van der Waals surface area contributed by atoms with Gasteiger partial charge >= 0.3 is 14.5 Å². The first-order valence-electron chi connectivity index (χ1n) is 6.01. The van der Waals surface area contributed by atoms with Crippen molar-refractivity contribution in [3.05, 3.63) is 0 Å². The molecule has 14 heavy (non-hydrogen) atoms. The van der Waals surface area contributed by atoms with Gasteiger partial charge in [0, 0.05) is 18.6 Å². The lowest BCUT2D eigenvalue weighted by molar-refractivity contribution is 0.00589. The fraction of sp³-hybridized carbons (Fsp3) is 1.00. The van der Waals surface area contributed by atoms with Crippen molar-refractivity contribution < 1.29 is 8.53 Å². The largest absolute Gasteiger partial charge is 0.498 e. The molecule has 0 amide bonds. The zero-order valence-corrected chi connectivity index (χ0v) is 10.9. The molecule has 0 bridgehead atoms. The SMILES string of the molecule is C[CH2][Al]([CH2]C)[O]C(C)C1CCCOC1. The predicted molar refractivity (Wildman–Crippen MR) is 60.8 cm³/mol. The minimum absolute atomic E-state index is 0.423. The molecule has 0 N–H and O–H groups in total. The Balaban J connectivity index is 2.27. The summed E-state index contributed by atoms with van der Waals surface area (Å²) in [7, 11) is 0. The van der Waals surface area contributed by atoms with E-state index in [2.05, 4.69) is 20.8 Å². The molecule has 2 nitrogen and oxygen atoms in total. The first-order chi connectivity index (χ1) is 6.77. The Bertz CT molecular complexity index is 142. The van der Waals surface area contributed by atoms with Crippen LogP contribution in [-0.4, -0.2) is 33.8 Å². The smallest absolute Gasteiger partial charge is 0.460 e. The second-order valence-corrected chi connectivity index (χ2v) is 7.41. The Hall–Kier alpha value is 0.452. The molecule has 0 radical (unpaired) electrons. The highest BCUT2D eigenvalue weighted by atomic mass is 27.2. The molecule has 2 atom stereocenters. The van der Waals surface area contributed by atoms with Crippen molar-refractivity contribution in [2.24, 2.45) is 5.92 Å². The monoisotopic (exact) mass is 214 g/mol. The summed E-state index contributed by atoms with van der Waals surface area (Å²) >= 11 is -0.877. The van der Waals surface area contributed by atoms with E-state index < -0.39 is 14.5 Å². The van der Waals surface area contributed by atoms with Crippen LogP contribution in [0.3, 0.4) is 0 Å². The maximum atomic E-state index is 6.15. The molecule has 2 unspecified atom stereocenters. The van der Waals surface area contributed by atoms with Gasteiger partial charge in [-0.25, -0.2) is 0 Å². The van der Waals surface area contributed by atoms with E-state index in [0.717, 1.165) is 13.2 Å². The standard InChI is InChI=1S/C7H13O2.2C2H5.Al/c1-6(8)7-3-2-4-9-5-7;2*1-2;/h6-7H,2-5H2,1H3;2*1H2,2H3;/q-1;;;+1. The van der Waals surface area contributed by atoms with Gasteiger partial charge < -0.3 is 8.53 Å². The molecule has 0 spiro atoms. The third kappa shape index (κ3) is 3.90. The van der Waals surface area contributed by atoms with E-state index >= 15 is 0 Å². The topological polar surface area (TPSA) is 18.5 Å². The van der Waals surface area contributed by atoms with E-state index in [0.29, 0.717) is 12.0 Å². The van der Waals surface area contributed by atoms with E-state index in [4.69, 9.17) is 8.53 Å². The molecule has 0 aromatic heterocycles. The number of hydrogen-bond donors (Lipinski definition) is 0. The lowest BCUT2D eigenvalue weighted by Gasteiger charge is -2.30. The molecule has 1 rings (SSSR count). The molecule has 0 aliphatic carbocycles. The molecular formula is C11H23AlO2. The van der Waals surface area contributed by atoms with E-state index in [1.807, 2.05) is 0 Å². The fourth-order valence-corrected chi connectivity index (χ4v) is 3.82. The minimum atomic E-state index is -0.877. The molecular weight excluding hydrogens is 191 g/mol. The molecule has 1 saturated heterocycles. The normalized spacial score (nSPS) is 24.6. The van der Waals surface area contributed by atoms with Crippen molar-refractivity contribution >= 4 is 14.5 Å². The van der Waals surface area contributed by atoms with Gasteiger partial charge in [-0.05, 0) is 19.8 Å². The van der Waals surface area contributed by atoms with Crippen molar-refractivity contribution in [1.29, 1.82) is 0 Å². The maximum absolute atomic E-state index is 6.15.